The second-order valence-corrected chi connectivity index (χ2v) is 7.24. The van der Waals surface area contributed by atoms with Gasteiger partial charge in [-0.2, -0.15) is 31.4 Å². The molecule has 4 nitrogen and oxygen atoms in total. The third-order valence-electron chi connectivity index (χ3n) is 4.53. The second kappa shape index (κ2) is 8.73. The van der Waals surface area contributed by atoms with Gasteiger partial charge in [-0.25, -0.2) is 13.5 Å². The minimum Gasteiger partial charge on any atom is -0.292 e. The number of nitrogens with zero attached hydrogens (tertiary/aromatic N) is 3. The third-order valence-corrected chi connectivity index (χ3v) is 4.85. The molecular formula is C20H12ClF8N3O. The predicted molar refractivity (Wildman–Crippen MR) is 100 cm³/mol. The minimum atomic E-state index is -4.89. The summed E-state index contributed by atoms with van der Waals surface area (Å²) in [5.41, 5.74) is -4.28. The zero-order valence-corrected chi connectivity index (χ0v) is 16.9. The van der Waals surface area contributed by atoms with E-state index in [4.69, 9.17) is 11.6 Å². The molecule has 3 rings (SSSR count). The molecule has 0 amide bonds. The van der Waals surface area contributed by atoms with Gasteiger partial charge in [0.1, 0.15) is 5.69 Å². The van der Waals surface area contributed by atoms with Crippen LogP contribution in [0.25, 0.3) is 5.69 Å². The van der Waals surface area contributed by atoms with Crippen molar-refractivity contribution in [2.24, 2.45) is 0 Å². The summed E-state index contributed by atoms with van der Waals surface area (Å²) in [6.07, 6.45) is -9.81. The van der Waals surface area contributed by atoms with Crippen molar-refractivity contribution in [3.05, 3.63) is 76.3 Å². The highest BCUT2D eigenvalue weighted by Gasteiger charge is 2.38. The number of pyridine rings is 1. The molecule has 2 aromatic heterocycles. The van der Waals surface area contributed by atoms with Gasteiger partial charge < -0.3 is 0 Å². The van der Waals surface area contributed by atoms with Crippen LogP contribution in [0.2, 0.25) is 5.02 Å². The van der Waals surface area contributed by atoms with Gasteiger partial charge in [0, 0.05) is 30.8 Å². The van der Waals surface area contributed by atoms with Crippen molar-refractivity contribution < 1.29 is 39.9 Å². The van der Waals surface area contributed by atoms with Gasteiger partial charge in [-0.1, -0.05) is 11.6 Å². The molecule has 0 unspecified atom stereocenters. The van der Waals surface area contributed by atoms with E-state index >= 15 is 0 Å². The zero-order chi connectivity index (χ0) is 24.6. The Morgan fingerprint density at radius 2 is 1.64 bits per heavy atom. The maximum Gasteiger partial charge on any atom is 0.435 e. The van der Waals surface area contributed by atoms with Crippen LogP contribution >= 0.6 is 11.6 Å². The Hall–Kier alpha value is -3.02. The molecular weight excluding hydrogens is 486 g/mol. The van der Waals surface area contributed by atoms with E-state index in [2.05, 4.69) is 10.1 Å². The van der Waals surface area contributed by atoms with Gasteiger partial charge >= 0.3 is 12.4 Å². The van der Waals surface area contributed by atoms with Gasteiger partial charge in [-0.3, -0.25) is 9.78 Å². The first-order chi connectivity index (χ1) is 15.2. The summed E-state index contributed by atoms with van der Waals surface area (Å²) >= 11 is 5.89. The summed E-state index contributed by atoms with van der Waals surface area (Å²) in [5, 5.41) is 2.78. The topological polar surface area (TPSA) is 47.8 Å². The zero-order valence-electron chi connectivity index (χ0n) is 16.2. The van der Waals surface area contributed by atoms with E-state index in [0.29, 0.717) is 12.1 Å². The number of carbonyl (C=O) groups is 1. The summed E-state index contributed by atoms with van der Waals surface area (Å²) in [4.78, 5) is 15.5. The van der Waals surface area contributed by atoms with Crippen LogP contribution in [0.3, 0.4) is 0 Å². The molecule has 0 aliphatic heterocycles. The molecule has 2 heterocycles. The molecule has 1 aromatic carbocycles. The molecule has 0 saturated carbocycles. The summed E-state index contributed by atoms with van der Waals surface area (Å²) < 4.78 is 107. The van der Waals surface area contributed by atoms with Gasteiger partial charge in [0.05, 0.1) is 16.3 Å². The summed E-state index contributed by atoms with van der Waals surface area (Å²) in [6.45, 7) is 0. The molecule has 33 heavy (non-hydrogen) atoms. The number of aromatic nitrogens is 3. The van der Waals surface area contributed by atoms with Gasteiger partial charge in [-0.15, -0.1) is 0 Å². The van der Waals surface area contributed by atoms with Crippen molar-refractivity contribution in [3.63, 3.8) is 0 Å². The number of ketones is 1. The van der Waals surface area contributed by atoms with Crippen molar-refractivity contribution in [3.8, 4) is 5.69 Å². The van der Waals surface area contributed by atoms with Crippen LogP contribution in [-0.4, -0.2) is 20.5 Å². The van der Waals surface area contributed by atoms with Gasteiger partial charge in [0.15, 0.2) is 11.5 Å². The maximum atomic E-state index is 14.7. The van der Waals surface area contributed by atoms with Crippen LogP contribution in [0.15, 0.2) is 48.8 Å². The third kappa shape index (κ3) is 5.49. The van der Waals surface area contributed by atoms with E-state index in [1.807, 2.05) is 0 Å². The number of rotatable bonds is 6. The Bertz CT molecular complexity index is 1170. The number of hydrogen-bond acceptors (Lipinski definition) is 3. The second-order valence-electron chi connectivity index (χ2n) is 6.83. The van der Waals surface area contributed by atoms with Crippen molar-refractivity contribution in [2.75, 3.05) is 0 Å². The molecule has 0 N–H and O–H groups in total. The molecule has 0 bridgehead atoms. The fraction of sp³-hybridized carbons (Fsp3) is 0.250. The van der Waals surface area contributed by atoms with Crippen molar-refractivity contribution >= 4 is 17.4 Å². The SMILES string of the molecule is O=C(CCC(F)(F)c1ccc(-n2ccc(C(F)(F)F)n2)cc1Cl)c1ncccc1C(F)(F)F. The van der Waals surface area contributed by atoms with Crippen LogP contribution < -0.4 is 0 Å². The van der Waals surface area contributed by atoms with E-state index in [-0.39, 0.29) is 5.69 Å². The number of alkyl halides is 8. The highest BCUT2D eigenvalue weighted by Crippen LogP contribution is 2.39. The molecule has 0 saturated heterocycles. The summed E-state index contributed by atoms with van der Waals surface area (Å²) in [7, 11) is 0. The first-order valence-corrected chi connectivity index (χ1v) is 9.44. The van der Waals surface area contributed by atoms with Crippen LogP contribution in [0.4, 0.5) is 35.1 Å². The Morgan fingerprint density at radius 1 is 0.939 bits per heavy atom. The lowest BCUT2D eigenvalue weighted by molar-refractivity contribution is -0.141. The van der Waals surface area contributed by atoms with Gasteiger partial charge in [0.25, 0.3) is 5.92 Å². The normalized spacial score (nSPS) is 12.8. The minimum absolute atomic E-state index is 0.0329. The largest absolute Gasteiger partial charge is 0.435 e. The molecule has 0 aliphatic rings. The highest BCUT2D eigenvalue weighted by molar-refractivity contribution is 6.31. The quantitative estimate of drug-likeness (QED) is 0.281. The lowest BCUT2D eigenvalue weighted by atomic mass is 9.99. The lowest BCUT2D eigenvalue weighted by Gasteiger charge is -2.19. The van der Waals surface area contributed by atoms with E-state index in [0.717, 1.165) is 41.3 Å². The average Bonchev–Trinajstić information content (AvgIpc) is 3.22. The smallest absolute Gasteiger partial charge is 0.292 e. The molecule has 0 radical (unpaired) electrons. The van der Waals surface area contributed by atoms with E-state index in [9.17, 15) is 39.9 Å². The van der Waals surface area contributed by atoms with Crippen LogP contribution in [-0.2, 0) is 18.3 Å². The monoisotopic (exact) mass is 497 g/mol. The summed E-state index contributed by atoms with van der Waals surface area (Å²) in [5.74, 6) is -4.95. The Labute approximate surface area is 185 Å². The maximum absolute atomic E-state index is 14.7. The molecule has 0 aliphatic carbocycles. The standard InChI is InChI=1S/C20H12ClF8N3O/c21-14-10-11(32-9-6-16(31-32)20(27,28)29)3-4-12(14)18(22,23)7-5-15(33)17-13(19(24,25)26)2-1-8-30-17/h1-4,6,8-10H,5,7H2. The first-order valence-electron chi connectivity index (χ1n) is 9.06. The van der Waals surface area contributed by atoms with E-state index < -0.39 is 64.4 Å². The van der Waals surface area contributed by atoms with Crippen molar-refractivity contribution in [1.29, 1.82) is 0 Å². The highest BCUT2D eigenvalue weighted by atomic mass is 35.5. The Morgan fingerprint density at radius 3 is 2.21 bits per heavy atom. The molecule has 13 heteroatoms. The molecule has 0 spiro atoms. The summed E-state index contributed by atoms with van der Waals surface area (Å²) in [6, 6.07) is 5.12. The Balaban J connectivity index is 1.78. The number of Topliss-reactive ketones (excluding diaryl/α,β-unsaturated/α-hetero) is 1. The lowest BCUT2D eigenvalue weighted by Crippen LogP contribution is -2.19. The molecule has 3 aromatic rings. The van der Waals surface area contributed by atoms with E-state index in [1.165, 1.54) is 0 Å². The Kier molecular flexibility index (Phi) is 6.51. The van der Waals surface area contributed by atoms with Crippen LogP contribution in [0.5, 0.6) is 0 Å². The number of benzene rings is 1. The number of hydrogen-bond donors (Lipinski definition) is 0. The van der Waals surface area contributed by atoms with Gasteiger partial charge in [-0.05, 0) is 36.4 Å². The molecule has 176 valence electrons. The number of carbonyl (C=O) groups excluding carboxylic acids is 1. The predicted octanol–water partition coefficient (Wildman–Crippen LogP) is 6.71. The van der Waals surface area contributed by atoms with Gasteiger partial charge in [0.2, 0.25) is 0 Å². The van der Waals surface area contributed by atoms with E-state index in [1.54, 1.807) is 0 Å². The number of halogens is 9. The first kappa shape index (κ1) is 24.6. The molecule has 0 atom stereocenters. The van der Waals surface area contributed by atoms with Crippen molar-refractivity contribution in [1.82, 2.24) is 14.8 Å². The fourth-order valence-electron chi connectivity index (χ4n) is 2.94. The van der Waals surface area contributed by atoms with Crippen LogP contribution in [0.1, 0.15) is 40.2 Å². The fourth-order valence-corrected chi connectivity index (χ4v) is 3.25. The average molecular weight is 498 g/mol. The van der Waals surface area contributed by atoms with Crippen LogP contribution in [0, 0.1) is 0 Å². The van der Waals surface area contributed by atoms with Crippen molar-refractivity contribution in [2.45, 2.75) is 31.1 Å². The molecule has 0 fully saturated rings.